The molecule has 0 aromatic heterocycles. The van der Waals surface area contributed by atoms with Gasteiger partial charge in [0.05, 0.1) is 6.61 Å². The van der Waals surface area contributed by atoms with Crippen LogP contribution in [0.5, 0.6) is 0 Å². The second-order valence-electron chi connectivity index (χ2n) is 3.21. The first kappa shape index (κ1) is 16.1. The van der Waals surface area contributed by atoms with Gasteiger partial charge in [0.15, 0.2) is 6.23 Å². The van der Waals surface area contributed by atoms with E-state index in [1.807, 2.05) is 0 Å². The number of aliphatic hydroxyl groups excluding tert-OH is 3. The van der Waals surface area contributed by atoms with E-state index in [-0.39, 0.29) is 12.6 Å². The molecule has 1 aliphatic heterocycles. The molecule has 18 heavy (non-hydrogen) atoms. The van der Waals surface area contributed by atoms with Crippen LogP contribution in [0.1, 0.15) is 0 Å². The van der Waals surface area contributed by atoms with E-state index < -0.39 is 29.6 Å². The smallest absolute Gasteiger partial charge is 0.291 e. The molecule has 1 heterocycles. The van der Waals surface area contributed by atoms with E-state index in [9.17, 15) is 10.2 Å². The minimum atomic E-state index is -1.50. The van der Waals surface area contributed by atoms with Gasteiger partial charge in [-0.05, 0) is 0 Å². The van der Waals surface area contributed by atoms with Gasteiger partial charge in [0.1, 0.15) is 18.3 Å². The highest BCUT2D eigenvalue weighted by molar-refractivity contribution is 5.75. The van der Waals surface area contributed by atoms with Crippen LogP contribution in [0.3, 0.4) is 0 Å². The second-order valence-corrected chi connectivity index (χ2v) is 3.21. The number of guanidine groups is 1. The lowest BCUT2D eigenvalue weighted by molar-refractivity contribution is -0.742. The maximum Gasteiger partial charge on any atom is 0.291 e. The van der Waals surface area contributed by atoms with Crippen LogP contribution in [-0.4, -0.2) is 62.7 Å². The standard InChI is InChI=1S/C6H14N4O4.HNO3/c7-6(8)10-9-5-4(13)3(12)2(11)1-14-5;2-1(3)4/h2-5,9,11-13H,1H2,(H4,7,8,10);(H,2,3,4). The molecule has 0 spiro atoms. The SMILES string of the molecule is NC(N)=NNC1OCC(O)C(O)C1O.O=[N+]([O-])O. The Balaban J connectivity index is 0.000000631. The number of rotatable bonds is 2. The number of nitrogens with one attached hydrogen (secondary N) is 1. The minimum absolute atomic E-state index is 0.101. The molecule has 106 valence electrons. The maximum absolute atomic E-state index is 9.37. The van der Waals surface area contributed by atoms with Gasteiger partial charge < -0.3 is 36.7 Å². The molecule has 0 aliphatic carbocycles. The van der Waals surface area contributed by atoms with E-state index in [0.29, 0.717) is 0 Å². The van der Waals surface area contributed by atoms with Crippen molar-refractivity contribution in [2.45, 2.75) is 24.5 Å². The Kier molecular flexibility index (Phi) is 6.66. The highest BCUT2D eigenvalue weighted by Gasteiger charge is 2.37. The third-order valence-corrected chi connectivity index (χ3v) is 1.82. The molecule has 0 saturated carbocycles. The molecular weight excluding hydrogens is 254 g/mol. The Morgan fingerprint density at radius 1 is 1.39 bits per heavy atom. The van der Waals surface area contributed by atoms with Gasteiger partial charge in [-0.15, -0.1) is 15.2 Å². The highest BCUT2D eigenvalue weighted by Crippen LogP contribution is 2.13. The lowest BCUT2D eigenvalue weighted by Crippen LogP contribution is -2.57. The van der Waals surface area contributed by atoms with Crippen molar-refractivity contribution < 1.29 is 30.4 Å². The molecule has 4 unspecified atom stereocenters. The first-order valence-electron chi connectivity index (χ1n) is 4.59. The van der Waals surface area contributed by atoms with Gasteiger partial charge in [0.25, 0.3) is 5.09 Å². The van der Waals surface area contributed by atoms with Crippen molar-refractivity contribution in [3.05, 3.63) is 10.1 Å². The highest BCUT2D eigenvalue weighted by atomic mass is 16.9. The number of aliphatic hydroxyl groups is 3. The van der Waals surface area contributed by atoms with Crippen LogP contribution in [-0.2, 0) is 4.74 Å². The number of hydrogen-bond acceptors (Lipinski definition) is 8. The van der Waals surface area contributed by atoms with Crippen molar-refractivity contribution >= 4 is 5.96 Å². The molecule has 0 amide bonds. The summed E-state index contributed by atoms with van der Waals surface area (Å²) in [6.07, 6.45) is -4.62. The minimum Gasteiger partial charge on any atom is -0.388 e. The predicted molar refractivity (Wildman–Crippen MR) is 55.5 cm³/mol. The normalized spacial score (nSPS) is 30.6. The lowest BCUT2D eigenvalue weighted by Gasteiger charge is -2.34. The molecule has 1 fully saturated rings. The van der Waals surface area contributed by atoms with E-state index in [2.05, 4.69) is 10.5 Å². The van der Waals surface area contributed by atoms with Crippen LogP contribution < -0.4 is 16.9 Å². The van der Waals surface area contributed by atoms with Crippen LogP contribution in [0.4, 0.5) is 0 Å². The third-order valence-electron chi connectivity index (χ3n) is 1.82. The summed E-state index contributed by atoms with van der Waals surface area (Å²) < 4.78 is 4.93. The molecule has 4 atom stereocenters. The number of hydrogen-bond donors (Lipinski definition) is 7. The fraction of sp³-hybridized carbons (Fsp3) is 0.833. The second kappa shape index (κ2) is 7.44. The summed E-state index contributed by atoms with van der Waals surface area (Å²) >= 11 is 0. The Bertz CT molecular complexity index is 292. The van der Waals surface area contributed by atoms with Gasteiger partial charge in [-0.2, -0.15) is 0 Å². The summed E-state index contributed by atoms with van der Waals surface area (Å²) in [6, 6.07) is 0. The Labute approximate surface area is 101 Å². The summed E-state index contributed by atoms with van der Waals surface area (Å²) in [4.78, 5) is 8.36. The topological polar surface area (TPSA) is 210 Å². The maximum atomic E-state index is 9.37. The first-order chi connectivity index (χ1) is 8.25. The molecule has 0 radical (unpaired) electrons. The summed E-state index contributed by atoms with van der Waals surface area (Å²) in [7, 11) is 0. The molecule has 1 aliphatic rings. The van der Waals surface area contributed by atoms with E-state index in [0.717, 1.165) is 0 Å². The van der Waals surface area contributed by atoms with Crippen LogP contribution in [0.15, 0.2) is 5.10 Å². The fourth-order valence-electron chi connectivity index (χ4n) is 1.06. The van der Waals surface area contributed by atoms with E-state index in [1.165, 1.54) is 0 Å². The summed E-state index contributed by atoms with van der Waals surface area (Å²) in [5, 5.41) is 44.8. The average molecular weight is 269 g/mol. The number of nitrogens with two attached hydrogens (primary N) is 2. The van der Waals surface area contributed by atoms with Crippen LogP contribution >= 0.6 is 0 Å². The zero-order valence-corrected chi connectivity index (χ0v) is 9.08. The quantitative estimate of drug-likeness (QED) is 0.111. The number of hydrazone groups is 1. The van der Waals surface area contributed by atoms with Gasteiger partial charge in [-0.1, -0.05) is 0 Å². The zero-order valence-electron chi connectivity index (χ0n) is 9.08. The zero-order chi connectivity index (χ0) is 14.3. The molecule has 12 heteroatoms. The number of ether oxygens (including phenoxy) is 1. The van der Waals surface area contributed by atoms with Crippen molar-refractivity contribution in [2.24, 2.45) is 16.6 Å². The fourth-order valence-corrected chi connectivity index (χ4v) is 1.06. The van der Waals surface area contributed by atoms with Gasteiger partial charge in [-0.3, -0.25) is 5.43 Å². The van der Waals surface area contributed by atoms with Crippen LogP contribution in [0.25, 0.3) is 0 Å². The third kappa shape index (κ3) is 6.00. The molecule has 0 aromatic carbocycles. The Morgan fingerprint density at radius 2 is 1.89 bits per heavy atom. The van der Waals surface area contributed by atoms with Crippen molar-refractivity contribution in [2.75, 3.05) is 6.61 Å². The van der Waals surface area contributed by atoms with Crippen LogP contribution in [0.2, 0.25) is 0 Å². The molecule has 0 aromatic rings. The van der Waals surface area contributed by atoms with E-state index in [1.54, 1.807) is 0 Å². The Hall–Kier alpha value is -1.89. The first-order valence-corrected chi connectivity index (χ1v) is 4.59. The summed E-state index contributed by atoms with van der Waals surface area (Å²) in [5.41, 5.74) is 12.4. The predicted octanol–water partition coefficient (Wildman–Crippen LogP) is -4.14. The Morgan fingerprint density at radius 3 is 2.33 bits per heavy atom. The molecule has 1 saturated heterocycles. The number of nitrogens with zero attached hydrogens (tertiary/aromatic N) is 2. The van der Waals surface area contributed by atoms with E-state index >= 15 is 0 Å². The summed E-state index contributed by atoms with van der Waals surface area (Å²) in [5.74, 6) is -0.221. The molecule has 12 nitrogen and oxygen atoms in total. The van der Waals surface area contributed by atoms with Crippen LogP contribution in [0, 0.1) is 10.1 Å². The van der Waals surface area contributed by atoms with E-state index in [4.69, 9.17) is 36.6 Å². The van der Waals surface area contributed by atoms with Crippen molar-refractivity contribution in [1.29, 1.82) is 0 Å². The van der Waals surface area contributed by atoms with Crippen molar-refractivity contribution in [3.63, 3.8) is 0 Å². The van der Waals surface area contributed by atoms with Crippen molar-refractivity contribution in [3.8, 4) is 0 Å². The molecular formula is C6H15N5O7. The van der Waals surface area contributed by atoms with Gasteiger partial charge in [-0.25, -0.2) is 0 Å². The molecule has 9 N–H and O–H groups in total. The molecule has 1 rings (SSSR count). The largest absolute Gasteiger partial charge is 0.388 e. The van der Waals surface area contributed by atoms with Crippen molar-refractivity contribution in [1.82, 2.24) is 5.43 Å². The lowest BCUT2D eigenvalue weighted by atomic mass is 10.1. The van der Waals surface area contributed by atoms with Gasteiger partial charge >= 0.3 is 0 Å². The monoisotopic (exact) mass is 269 g/mol. The molecule has 0 bridgehead atoms. The average Bonchev–Trinajstić information content (AvgIpc) is 2.24. The van der Waals surface area contributed by atoms with Gasteiger partial charge in [0.2, 0.25) is 5.96 Å². The summed E-state index contributed by atoms with van der Waals surface area (Å²) in [6.45, 7) is -0.101. The van der Waals surface area contributed by atoms with Gasteiger partial charge in [0, 0.05) is 0 Å².